The Kier molecular flexibility index (Phi) is 5.46. The van der Waals surface area contributed by atoms with Gasteiger partial charge >= 0.3 is 0 Å². The van der Waals surface area contributed by atoms with Crippen LogP contribution < -0.4 is 0 Å². The van der Waals surface area contributed by atoms with Gasteiger partial charge < -0.3 is 14.7 Å². The second kappa shape index (κ2) is 6.88. The van der Waals surface area contributed by atoms with E-state index in [-0.39, 0.29) is 6.10 Å². The van der Waals surface area contributed by atoms with Gasteiger partial charge in [-0.15, -0.1) is 0 Å². The minimum atomic E-state index is -0.317. The number of likely N-dealkylation sites (tertiary alicyclic amines) is 1. The smallest absolute Gasteiger partial charge is 0.0900 e. The molecule has 1 saturated heterocycles. The number of hydrogen-bond donors (Lipinski definition) is 1. The third-order valence-electron chi connectivity index (χ3n) is 4.24. The summed E-state index contributed by atoms with van der Waals surface area (Å²) in [5, 5.41) is 10.1. The first-order valence-corrected chi connectivity index (χ1v) is 7.65. The Balaban J connectivity index is 1.64. The molecule has 1 aliphatic carbocycles. The van der Waals surface area contributed by atoms with E-state index in [4.69, 9.17) is 4.74 Å². The van der Waals surface area contributed by atoms with Crippen LogP contribution >= 0.6 is 0 Å². The van der Waals surface area contributed by atoms with E-state index in [0.717, 1.165) is 31.5 Å². The fraction of sp³-hybridized carbons (Fsp3) is 1.00. The number of aliphatic hydroxyl groups excluding tert-OH is 1. The number of nitrogens with zero attached hydrogens (tertiary/aromatic N) is 1. The van der Waals surface area contributed by atoms with E-state index in [1.807, 2.05) is 0 Å². The molecule has 0 bridgehead atoms. The van der Waals surface area contributed by atoms with E-state index in [0.29, 0.717) is 12.7 Å². The van der Waals surface area contributed by atoms with Gasteiger partial charge in [0.1, 0.15) is 0 Å². The third-order valence-corrected chi connectivity index (χ3v) is 4.24. The maximum absolute atomic E-state index is 10.1. The summed E-state index contributed by atoms with van der Waals surface area (Å²) in [6.45, 7) is 8.18. The second-order valence-electron chi connectivity index (χ2n) is 6.56. The SMILES string of the molecule is C[C@@H]1C[C@@H](C)CN(C[C@@H](O)COC2CCCC2)C1. The van der Waals surface area contributed by atoms with Gasteiger partial charge in [-0.3, -0.25) is 0 Å². The summed E-state index contributed by atoms with van der Waals surface area (Å²) in [6, 6.07) is 0. The van der Waals surface area contributed by atoms with E-state index >= 15 is 0 Å². The number of hydrogen-bond acceptors (Lipinski definition) is 3. The largest absolute Gasteiger partial charge is 0.389 e. The molecule has 0 radical (unpaired) electrons. The number of piperidine rings is 1. The lowest BCUT2D eigenvalue weighted by Crippen LogP contribution is -2.43. The monoisotopic (exact) mass is 255 g/mol. The predicted molar refractivity (Wildman–Crippen MR) is 73.6 cm³/mol. The summed E-state index contributed by atoms with van der Waals surface area (Å²) in [6.07, 6.45) is 6.38. The van der Waals surface area contributed by atoms with E-state index < -0.39 is 0 Å². The van der Waals surface area contributed by atoms with Gasteiger partial charge in [0.2, 0.25) is 0 Å². The normalized spacial score (nSPS) is 32.8. The lowest BCUT2D eigenvalue weighted by atomic mass is 9.92. The predicted octanol–water partition coefficient (Wildman–Crippen LogP) is 2.28. The van der Waals surface area contributed by atoms with Crippen molar-refractivity contribution in [1.29, 1.82) is 0 Å². The van der Waals surface area contributed by atoms with Crippen molar-refractivity contribution in [2.45, 2.75) is 58.2 Å². The number of aliphatic hydroxyl groups is 1. The van der Waals surface area contributed by atoms with Crippen LogP contribution in [0.4, 0.5) is 0 Å². The molecule has 1 N–H and O–H groups in total. The van der Waals surface area contributed by atoms with Crippen LogP contribution in [0, 0.1) is 11.8 Å². The zero-order valence-corrected chi connectivity index (χ0v) is 12.0. The molecule has 3 nitrogen and oxygen atoms in total. The fourth-order valence-corrected chi connectivity index (χ4v) is 3.59. The Morgan fingerprint density at radius 3 is 2.39 bits per heavy atom. The third kappa shape index (κ3) is 4.52. The summed E-state index contributed by atoms with van der Waals surface area (Å²) < 4.78 is 5.78. The molecule has 3 atom stereocenters. The highest BCUT2D eigenvalue weighted by Crippen LogP contribution is 2.22. The van der Waals surface area contributed by atoms with Crippen LogP contribution in [0.3, 0.4) is 0 Å². The topological polar surface area (TPSA) is 32.7 Å². The number of ether oxygens (including phenoxy) is 1. The van der Waals surface area contributed by atoms with Crippen molar-refractivity contribution in [2.24, 2.45) is 11.8 Å². The van der Waals surface area contributed by atoms with Crippen LogP contribution in [0.2, 0.25) is 0 Å². The van der Waals surface area contributed by atoms with E-state index in [2.05, 4.69) is 18.7 Å². The minimum absolute atomic E-state index is 0.317. The van der Waals surface area contributed by atoms with Crippen molar-refractivity contribution in [3.8, 4) is 0 Å². The van der Waals surface area contributed by atoms with Gasteiger partial charge in [-0.2, -0.15) is 0 Å². The molecule has 3 heteroatoms. The van der Waals surface area contributed by atoms with Crippen molar-refractivity contribution >= 4 is 0 Å². The van der Waals surface area contributed by atoms with E-state index in [1.54, 1.807) is 0 Å². The van der Waals surface area contributed by atoms with Gasteiger partial charge in [0.05, 0.1) is 18.8 Å². The van der Waals surface area contributed by atoms with Gasteiger partial charge in [-0.1, -0.05) is 26.7 Å². The molecule has 1 heterocycles. The zero-order chi connectivity index (χ0) is 13.0. The molecule has 0 spiro atoms. The molecule has 2 fully saturated rings. The quantitative estimate of drug-likeness (QED) is 0.818. The van der Waals surface area contributed by atoms with Gasteiger partial charge in [0, 0.05) is 19.6 Å². The molecule has 2 aliphatic rings. The van der Waals surface area contributed by atoms with Crippen molar-refractivity contribution in [1.82, 2.24) is 4.90 Å². The number of rotatable bonds is 5. The average molecular weight is 255 g/mol. The maximum atomic E-state index is 10.1. The Bertz CT molecular complexity index is 231. The molecule has 0 unspecified atom stereocenters. The van der Waals surface area contributed by atoms with Gasteiger partial charge in [-0.05, 0) is 31.1 Å². The molecule has 1 saturated carbocycles. The first kappa shape index (κ1) is 14.3. The van der Waals surface area contributed by atoms with Crippen molar-refractivity contribution in [3.63, 3.8) is 0 Å². The lowest BCUT2D eigenvalue weighted by molar-refractivity contribution is -0.0250. The first-order valence-electron chi connectivity index (χ1n) is 7.65. The second-order valence-corrected chi connectivity index (χ2v) is 6.56. The highest BCUT2D eigenvalue weighted by atomic mass is 16.5. The fourth-order valence-electron chi connectivity index (χ4n) is 3.59. The van der Waals surface area contributed by atoms with Crippen molar-refractivity contribution in [2.75, 3.05) is 26.2 Å². The molecule has 0 amide bonds. The summed E-state index contributed by atoms with van der Waals surface area (Å²) in [7, 11) is 0. The molecule has 0 aromatic carbocycles. The summed E-state index contributed by atoms with van der Waals surface area (Å²) >= 11 is 0. The van der Waals surface area contributed by atoms with Crippen LogP contribution in [0.1, 0.15) is 46.0 Å². The minimum Gasteiger partial charge on any atom is -0.389 e. The van der Waals surface area contributed by atoms with Crippen LogP contribution in [0.5, 0.6) is 0 Å². The molecule has 0 aromatic heterocycles. The molecular formula is C15H29NO2. The standard InChI is InChI=1S/C15H29NO2/c1-12-7-13(2)9-16(8-12)10-14(17)11-18-15-5-3-4-6-15/h12-15,17H,3-11H2,1-2H3/t12-,13-,14-/m1/s1. The molecule has 18 heavy (non-hydrogen) atoms. The van der Waals surface area contributed by atoms with Crippen LogP contribution in [-0.4, -0.2) is 48.5 Å². The highest BCUT2D eigenvalue weighted by molar-refractivity contribution is 4.77. The van der Waals surface area contributed by atoms with Crippen LogP contribution in [0.15, 0.2) is 0 Å². The van der Waals surface area contributed by atoms with Crippen LogP contribution in [0.25, 0.3) is 0 Å². The molecule has 106 valence electrons. The first-order chi connectivity index (χ1) is 8.63. The highest BCUT2D eigenvalue weighted by Gasteiger charge is 2.24. The van der Waals surface area contributed by atoms with Gasteiger partial charge in [0.25, 0.3) is 0 Å². The van der Waals surface area contributed by atoms with Crippen molar-refractivity contribution in [3.05, 3.63) is 0 Å². The maximum Gasteiger partial charge on any atom is 0.0900 e. The van der Waals surface area contributed by atoms with Crippen LogP contribution in [-0.2, 0) is 4.74 Å². The van der Waals surface area contributed by atoms with Crippen molar-refractivity contribution < 1.29 is 9.84 Å². The molecule has 1 aliphatic heterocycles. The molecular weight excluding hydrogens is 226 g/mol. The summed E-state index contributed by atoms with van der Waals surface area (Å²) in [5.41, 5.74) is 0. The Hall–Kier alpha value is -0.120. The Morgan fingerprint density at radius 1 is 1.17 bits per heavy atom. The van der Waals surface area contributed by atoms with Gasteiger partial charge in [0.15, 0.2) is 0 Å². The molecule has 2 rings (SSSR count). The van der Waals surface area contributed by atoms with Gasteiger partial charge in [-0.25, -0.2) is 0 Å². The van der Waals surface area contributed by atoms with E-state index in [1.165, 1.54) is 32.1 Å². The zero-order valence-electron chi connectivity index (χ0n) is 12.0. The number of β-amino-alcohol motifs (C(OH)–C–C–N with tert-alkyl or cyclic N) is 1. The molecule has 0 aromatic rings. The van der Waals surface area contributed by atoms with E-state index in [9.17, 15) is 5.11 Å². The Labute approximate surface area is 112 Å². The lowest BCUT2D eigenvalue weighted by Gasteiger charge is -2.36. The average Bonchev–Trinajstić information content (AvgIpc) is 2.77. The summed E-state index contributed by atoms with van der Waals surface area (Å²) in [4.78, 5) is 2.40. The summed E-state index contributed by atoms with van der Waals surface area (Å²) in [5.74, 6) is 1.52. The Morgan fingerprint density at radius 2 is 1.78 bits per heavy atom.